The molecule has 0 bridgehead atoms. The Kier molecular flexibility index (Phi) is 5.55. The maximum Gasteiger partial charge on any atom is 0.262 e. The highest BCUT2D eigenvalue weighted by atomic mass is 32.1. The Morgan fingerprint density at radius 3 is 2.61 bits per heavy atom. The van der Waals surface area contributed by atoms with E-state index >= 15 is 0 Å². The summed E-state index contributed by atoms with van der Waals surface area (Å²) in [6.07, 6.45) is 1.51. The first kappa shape index (κ1) is 18.8. The van der Waals surface area contributed by atoms with E-state index in [2.05, 4.69) is 5.32 Å². The number of carbonyl (C=O) groups is 1. The van der Waals surface area contributed by atoms with Crippen LogP contribution in [0, 0.1) is 5.82 Å². The molecule has 0 unspecified atom stereocenters. The van der Waals surface area contributed by atoms with Crippen LogP contribution in [-0.4, -0.2) is 25.7 Å². The third-order valence-corrected chi connectivity index (χ3v) is 6.34. The number of benzene rings is 2. The number of halogens is 1. The van der Waals surface area contributed by atoms with Gasteiger partial charge in [0.2, 0.25) is 0 Å². The zero-order valence-corrected chi connectivity index (χ0v) is 16.3. The third-order valence-electron chi connectivity index (χ3n) is 5.43. The lowest BCUT2D eigenvalue weighted by Crippen LogP contribution is -2.44. The zero-order chi connectivity index (χ0) is 19.4. The second-order valence-electron chi connectivity index (χ2n) is 7.12. The first-order chi connectivity index (χ1) is 13.7. The molecule has 4 rings (SSSR count). The lowest BCUT2D eigenvalue weighted by atomic mass is 9.74. The Labute approximate surface area is 168 Å². The van der Waals surface area contributed by atoms with Gasteiger partial charge in [-0.2, -0.15) is 0 Å². The number of hydrogen-bond donors (Lipinski definition) is 1. The van der Waals surface area contributed by atoms with Gasteiger partial charge in [-0.05, 0) is 47.5 Å². The molecule has 3 aromatic rings. The van der Waals surface area contributed by atoms with Crippen molar-refractivity contribution in [2.75, 3.05) is 19.8 Å². The van der Waals surface area contributed by atoms with Gasteiger partial charge in [0.15, 0.2) is 0 Å². The summed E-state index contributed by atoms with van der Waals surface area (Å²) in [4.78, 5) is 13.7. The standard InChI is InChI=1S/C23H22FNO2S/c24-19-8-4-7-18(15-19)23(10-12-27-13-11-23)16-25-22(26)21-20(9-14-28-21)17-5-2-1-3-6-17/h1-9,14-15H,10-13,16H2,(H,25,26). The highest BCUT2D eigenvalue weighted by Crippen LogP contribution is 2.35. The lowest BCUT2D eigenvalue weighted by Gasteiger charge is -2.38. The molecule has 0 radical (unpaired) electrons. The van der Waals surface area contributed by atoms with Crippen molar-refractivity contribution in [3.8, 4) is 11.1 Å². The SMILES string of the molecule is O=C(NCC1(c2cccc(F)c2)CCOCC1)c1sccc1-c1ccccc1. The van der Waals surface area contributed by atoms with E-state index in [1.165, 1.54) is 17.4 Å². The van der Waals surface area contributed by atoms with E-state index in [1.54, 1.807) is 12.1 Å². The number of amides is 1. The molecule has 1 fully saturated rings. The maximum absolute atomic E-state index is 13.8. The van der Waals surface area contributed by atoms with Crippen LogP contribution in [0.15, 0.2) is 66.0 Å². The number of hydrogen-bond acceptors (Lipinski definition) is 3. The summed E-state index contributed by atoms with van der Waals surface area (Å²) in [5.41, 5.74) is 2.58. The van der Waals surface area contributed by atoms with E-state index in [9.17, 15) is 9.18 Å². The van der Waals surface area contributed by atoms with Gasteiger partial charge in [0.25, 0.3) is 5.91 Å². The minimum Gasteiger partial charge on any atom is -0.381 e. The molecule has 28 heavy (non-hydrogen) atoms. The summed E-state index contributed by atoms with van der Waals surface area (Å²) in [7, 11) is 0. The molecule has 144 valence electrons. The first-order valence-corrected chi connectivity index (χ1v) is 10.3. The van der Waals surface area contributed by atoms with Crippen molar-refractivity contribution in [2.45, 2.75) is 18.3 Å². The Morgan fingerprint density at radius 1 is 1.07 bits per heavy atom. The molecule has 1 aliphatic heterocycles. The van der Waals surface area contributed by atoms with Crippen molar-refractivity contribution in [3.05, 3.63) is 82.3 Å². The van der Waals surface area contributed by atoms with Gasteiger partial charge in [0.1, 0.15) is 5.82 Å². The fourth-order valence-corrected chi connectivity index (χ4v) is 4.64. The summed E-state index contributed by atoms with van der Waals surface area (Å²) in [6, 6.07) is 18.6. The smallest absolute Gasteiger partial charge is 0.262 e. The van der Waals surface area contributed by atoms with Crippen LogP contribution in [0.25, 0.3) is 11.1 Å². The summed E-state index contributed by atoms with van der Waals surface area (Å²) < 4.78 is 19.4. The van der Waals surface area contributed by atoms with Crippen LogP contribution in [0.5, 0.6) is 0 Å². The van der Waals surface area contributed by atoms with Gasteiger partial charge in [0.05, 0.1) is 4.88 Å². The van der Waals surface area contributed by atoms with Gasteiger partial charge in [-0.1, -0.05) is 42.5 Å². The molecular formula is C23H22FNO2S. The number of rotatable bonds is 5. The second-order valence-corrected chi connectivity index (χ2v) is 8.03. The highest BCUT2D eigenvalue weighted by Gasteiger charge is 2.35. The summed E-state index contributed by atoms with van der Waals surface area (Å²) in [5.74, 6) is -0.338. The Balaban J connectivity index is 1.56. The average molecular weight is 395 g/mol. The van der Waals surface area contributed by atoms with Crippen molar-refractivity contribution >= 4 is 17.2 Å². The van der Waals surface area contributed by atoms with Crippen molar-refractivity contribution in [1.82, 2.24) is 5.32 Å². The van der Waals surface area contributed by atoms with Crippen LogP contribution in [0.1, 0.15) is 28.1 Å². The molecule has 3 nitrogen and oxygen atoms in total. The maximum atomic E-state index is 13.8. The van der Waals surface area contributed by atoms with E-state index in [1.807, 2.05) is 47.8 Å². The Morgan fingerprint density at radius 2 is 1.86 bits per heavy atom. The summed E-state index contributed by atoms with van der Waals surface area (Å²) in [5, 5.41) is 5.06. The van der Waals surface area contributed by atoms with Crippen molar-refractivity contribution in [3.63, 3.8) is 0 Å². The molecule has 2 aromatic carbocycles. The largest absolute Gasteiger partial charge is 0.381 e. The monoisotopic (exact) mass is 395 g/mol. The molecule has 1 saturated heterocycles. The average Bonchev–Trinajstić information content (AvgIpc) is 3.23. The lowest BCUT2D eigenvalue weighted by molar-refractivity contribution is 0.0486. The van der Waals surface area contributed by atoms with Crippen molar-refractivity contribution in [2.24, 2.45) is 0 Å². The molecule has 1 aliphatic rings. The van der Waals surface area contributed by atoms with Gasteiger partial charge < -0.3 is 10.1 Å². The zero-order valence-electron chi connectivity index (χ0n) is 15.5. The molecular weight excluding hydrogens is 373 g/mol. The molecule has 0 spiro atoms. The summed E-state index contributed by atoms with van der Waals surface area (Å²) in [6.45, 7) is 1.69. The van der Waals surface area contributed by atoms with Gasteiger partial charge in [0, 0.05) is 30.7 Å². The Bertz CT molecular complexity index is 948. The summed E-state index contributed by atoms with van der Waals surface area (Å²) >= 11 is 1.44. The molecule has 1 N–H and O–H groups in total. The van der Waals surface area contributed by atoms with Gasteiger partial charge in [-0.25, -0.2) is 4.39 Å². The van der Waals surface area contributed by atoms with Crippen LogP contribution >= 0.6 is 11.3 Å². The number of carbonyl (C=O) groups excluding carboxylic acids is 1. The molecule has 5 heteroatoms. The van der Waals surface area contributed by atoms with Crippen molar-refractivity contribution < 1.29 is 13.9 Å². The van der Waals surface area contributed by atoms with Crippen molar-refractivity contribution in [1.29, 1.82) is 0 Å². The molecule has 0 aliphatic carbocycles. The molecule has 0 atom stereocenters. The van der Waals surface area contributed by atoms with Crippen LogP contribution in [0.3, 0.4) is 0 Å². The molecule has 0 saturated carbocycles. The predicted octanol–water partition coefficient (Wildman–Crippen LogP) is 5.03. The van der Waals surface area contributed by atoms with E-state index in [0.29, 0.717) is 24.6 Å². The first-order valence-electron chi connectivity index (χ1n) is 9.43. The quantitative estimate of drug-likeness (QED) is 0.658. The van der Waals surface area contributed by atoms with Crippen LogP contribution in [0.2, 0.25) is 0 Å². The normalized spacial score (nSPS) is 15.9. The third kappa shape index (κ3) is 3.86. The van der Waals surface area contributed by atoms with Gasteiger partial charge in [-0.3, -0.25) is 4.79 Å². The minimum absolute atomic E-state index is 0.0869. The van der Waals surface area contributed by atoms with E-state index in [-0.39, 0.29) is 17.1 Å². The molecule has 1 amide bonds. The number of ether oxygens (including phenoxy) is 1. The van der Waals surface area contributed by atoms with Crippen LogP contribution < -0.4 is 5.32 Å². The second kappa shape index (κ2) is 8.25. The fraction of sp³-hybridized carbons (Fsp3) is 0.261. The van der Waals surface area contributed by atoms with E-state index < -0.39 is 0 Å². The Hall–Kier alpha value is -2.50. The van der Waals surface area contributed by atoms with Gasteiger partial charge >= 0.3 is 0 Å². The van der Waals surface area contributed by atoms with Gasteiger partial charge in [-0.15, -0.1) is 11.3 Å². The van der Waals surface area contributed by atoms with Crippen LogP contribution in [0.4, 0.5) is 4.39 Å². The van der Waals surface area contributed by atoms with E-state index in [0.717, 1.165) is 29.5 Å². The van der Waals surface area contributed by atoms with E-state index in [4.69, 9.17) is 4.74 Å². The van der Waals surface area contributed by atoms with Crippen LogP contribution in [-0.2, 0) is 10.2 Å². The number of thiophene rings is 1. The molecule has 1 aromatic heterocycles. The highest BCUT2D eigenvalue weighted by molar-refractivity contribution is 7.12. The topological polar surface area (TPSA) is 38.3 Å². The predicted molar refractivity (Wildman–Crippen MR) is 110 cm³/mol. The fourth-order valence-electron chi connectivity index (χ4n) is 3.81. The number of nitrogens with one attached hydrogen (secondary N) is 1. The molecule has 2 heterocycles. The minimum atomic E-state index is -0.305.